The molecular weight excluding hydrogens is 182 g/mol. The van der Waals surface area contributed by atoms with Crippen molar-refractivity contribution >= 4 is 11.4 Å². The molecule has 2 rings (SSSR count). The van der Waals surface area contributed by atoms with Crippen molar-refractivity contribution in [2.24, 2.45) is 4.99 Å². The van der Waals surface area contributed by atoms with E-state index >= 15 is 0 Å². The molecule has 0 amide bonds. The van der Waals surface area contributed by atoms with Crippen LogP contribution >= 0.6 is 0 Å². The molecule has 1 heteroatoms. The summed E-state index contributed by atoms with van der Waals surface area (Å²) >= 11 is 0. The Labute approximate surface area is 92.2 Å². The average Bonchev–Trinajstić information content (AvgIpc) is 2.39. The van der Waals surface area contributed by atoms with Gasteiger partial charge in [-0.05, 0) is 49.9 Å². The Bertz CT molecular complexity index is 443. The molecule has 1 nitrogen and oxygen atoms in total. The minimum Gasteiger partial charge on any atom is -0.257 e. The van der Waals surface area contributed by atoms with Gasteiger partial charge in [0.1, 0.15) is 0 Å². The van der Waals surface area contributed by atoms with Gasteiger partial charge in [0.2, 0.25) is 0 Å². The number of rotatable bonds is 1. The lowest BCUT2D eigenvalue weighted by Crippen LogP contribution is -2.27. The first kappa shape index (κ1) is 10.4. The SMILES string of the molecule is CCC1(C)C(C)=Nc2cc(C)cc(C)c21. The lowest BCUT2D eigenvalue weighted by atomic mass is 9.76. The van der Waals surface area contributed by atoms with Crippen LogP contribution in [0.25, 0.3) is 0 Å². The van der Waals surface area contributed by atoms with Gasteiger partial charge in [-0.1, -0.05) is 19.9 Å². The molecule has 1 atom stereocenters. The van der Waals surface area contributed by atoms with Crippen molar-refractivity contribution in [1.82, 2.24) is 0 Å². The molecule has 0 saturated heterocycles. The van der Waals surface area contributed by atoms with E-state index in [1.807, 2.05) is 0 Å². The van der Waals surface area contributed by atoms with Gasteiger partial charge >= 0.3 is 0 Å². The Morgan fingerprint density at radius 3 is 2.47 bits per heavy atom. The predicted octanol–water partition coefficient (Wildman–Crippen LogP) is 4.08. The summed E-state index contributed by atoms with van der Waals surface area (Å²) in [6.07, 6.45) is 1.12. The van der Waals surface area contributed by atoms with Crippen LogP contribution in [0.1, 0.15) is 43.9 Å². The summed E-state index contributed by atoms with van der Waals surface area (Å²) in [5.41, 5.74) is 6.74. The maximum atomic E-state index is 4.71. The molecular formula is C14H19N. The van der Waals surface area contributed by atoms with E-state index < -0.39 is 0 Å². The van der Waals surface area contributed by atoms with Gasteiger partial charge in [-0.3, -0.25) is 4.99 Å². The zero-order valence-electron chi connectivity index (χ0n) is 10.3. The van der Waals surface area contributed by atoms with E-state index in [0.717, 1.165) is 6.42 Å². The Hall–Kier alpha value is -1.11. The summed E-state index contributed by atoms with van der Waals surface area (Å²) in [6.45, 7) is 11.0. The largest absolute Gasteiger partial charge is 0.257 e. The van der Waals surface area contributed by atoms with Gasteiger partial charge in [-0.2, -0.15) is 0 Å². The van der Waals surface area contributed by atoms with E-state index in [0.29, 0.717) is 0 Å². The molecule has 0 fully saturated rings. The third kappa shape index (κ3) is 1.33. The number of aliphatic imine (C=N–C) groups is 1. The fraction of sp³-hybridized carbons (Fsp3) is 0.500. The van der Waals surface area contributed by atoms with Crippen molar-refractivity contribution in [3.05, 3.63) is 28.8 Å². The summed E-state index contributed by atoms with van der Waals surface area (Å²) in [7, 11) is 0. The van der Waals surface area contributed by atoms with Crippen LogP contribution in [0.2, 0.25) is 0 Å². The highest BCUT2D eigenvalue weighted by atomic mass is 14.8. The number of aryl methyl sites for hydroxylation is 2. The lowest BCUT2D eigenvalue weighted by molar-refractivity contribution is 0.620. The number of nitrogens with zero attached hydrogens (tertiary/aromatic N) is 1. The van der Waals surface area contributed by atoms with Gasteiger partial charge < -0.3 is 0 Å². The standard InChI is InChI=1S/C14H19N/c1-6-14(5)11(4)15-12-8-9(2)7-10(3)13(12)14/h7-8H,6H2,1-5H3. The predicted molar refractivity (Wildman–Crippen MR) is 66.3 cm³/mol. The minimum absolute atomic E-state index is 0.160. The van der Waals surface area contributed by atoms with Gasteiger partial charge in [0.25, 0.3) is 0 Å². The van der Waals surface area contributed by atoms with Gasteiger partial charge in [0, 0.05) is 11.1 Å². The summed E-state index contributed by atoms with van der Waals surface area (Å²) in [5, 5.41) is 0. The number of hydrogen-bond donors (Lipinski definition) is 0. The van der Waals surface area contributed by atoms with Crippen LogP contribution in [0.4, 0.5) is 5.69 Å². The molecule has 0 N–H and O–H groups in total. The number of benzene rings is 1. The number of fused-ring (bicyclic) bond motifs is 1. The van der Waals surface area contributed by atoms with Crippen molar-refractivity contribution < 1.29 is 0 Å². The van der Waals surface area contributed by atoms with Crippen molar-refractivity contribution in [3.8, 4) is 0 Å². The highest BCUT2D eigenvalue weighted by Gasteiger charge is 2.36. The third-order valence-electron chi connectivity index (χ3n) is 3.80. The van der Waals surface area contributed by atoms with Gasteiger partial charge in [-0.25, -0.2) is 0 Å². The third-order valence-corrected chi connectivity index (χ3v) is 3.80. The molecule has 0 bridgehead atoms. The fourth-order valence-corrected chi connectivity index (χ4v) is 2.67. The topological polar surface area (TPSA) is 12.4 Å². The Balaban J connectivity index is 2.71. The van der Waals surface area contributed by atoms with Gasteiger partial charge in [0.05, 0.1) is 5.69 Å². The average molecular weight is 201 g/mol. The molecule has 15 heavy (non-hydrogen) atoms. The summed E-state index contributed by atoms with van der Waals surface area (Å²) in [5.74, 6) is 0. The van der Waals surface area contributed by atoms with Crippen LogP contribution in [0.15, 0.2) is 17.1 Å². The minimum atomic E-state index is 0.160. The van der Waals surface area contributed by atoms with E-state index in [4.69, 9.17) is 4.99 Å². The Morgan fingerprint density at radius 1 is 1.20 bits per heavy atom. The highest BCUT2D eigenvalue weighted by Crippen LogP contribution is 2.44. The maximum Gasteiger partial charge on any atom is 0.0675 e. The van der Waals surface area contributed by atoms with Crippen LogP contribution in [0.5, 0.6) is 0 Å². The zero-order chi connectivity index (χ0) is 11.2. The fourth-order valence-electron chi connectivity index (χ4n) is 2.67. The number of hydrogen-bond acceptors (Lipinski definition) is 1. The quantitative estimate of drug-likeness (QED) is 0.649. The van der Waals surface area contributed by atoms with Crippen LogP contribution in [0, 0.1) is 13.8 Å². The second-order valence-electron chi connectivity index (χ2n) is 4.86. The normalized spacial score (nSPS) is 23.9. The van der Waals surface area contributed by atoms with E-state index in [1.54, 1.807) is 0 Å². The van der Waals surface area contributed by atoms with Crippen LogP contribution in [-0.4, -0.2) is 5.71 Å². The second kappa shape index (κ2) is 3.19. The highest BCUT2D eigenvalue weighted by molar-refractivity contribution is 6.00. The van der Waals surface area contributed by atoms with Crippen LogP contribution in [0.3, 0.4) is 0 Å². The molecule has 1 heterocycles. The first-order valence-corrected chi connectivity index (χ1v) is 5.66. The van der Waals surface area contributed by atoms with E-state index in [1.165, 1.54) is 28.1 Å². The smallest absolute Gasteiger partial charge is 0.0675 e. The van der Waals surface area contributed by atoms with E-state index in [9.17, 15) is 0 Å². The molecule has 0 radical (unpaired) electrons. The second-order valence-corrected chi connectivity index (χ2v) is 4.86. The van der Waals surface area contributed by atoms with E-state index in [2.05, 4.69) is 46.8 Å². The Kier molecular flexibility index (Phi) is 2.22. The summed E-state index contributed by atoms with van der Waals surface area (Å²) in [6, 6.07) is 4.47. The first-order valence-electron chi connectivity index (χ1n) is 5.66. The zero-order valence-corrected chi connectivity index (χ0v) is 10.3. The van der Waals surface area contributed by atoms with Crippen molar-refractivity contribution in [3.63, 3.8) is 0 Å². The monoisotopic (exact) mass is 201 g/mol. The van der Waals surface area contributed by atoms with Gasteiger partial charge in [-0.15, -0.1) is 0 Å². The maximum absolute atomic E-state index is 4.71. The summed E-state index contributed by atoms with van der Waals surface area (Å²) < 4.78 is 0. The molecule has 0 aromatic heterocycles. The molecule has 1 aromatic carbocycles. The van der Waals surface area contributed by atoms with Crippen LogP contribution in [-0.2, 0) is 5.41 Å². The molecule has 1 unspecified atom stereocenters. The molecule has 1 aliphatic rings. The summed E-state index contributed by atoms with van der Waals surface area (Å²) in [4.78, 5) is 4.71. The van der Waals surface area contributed by atoms with Gasteiger partial charge in [0.15, 0.2) is 0 Å². The molecule has 1 aromatic rings. The molecule has 0 spiro atoms. The first-order chi connectivity index (χ1) is 6.99. The van der Waals surface area contributed by atoms with Crippen LogP contribution < -0.4 is 0 Å². The van der Waals surface area contributed by atoms with Crippen molar-refractivity contribution in [2.45, 2.75) is 46.5 Å². The molecule has 1 aliphatic heterocycles. The van der Waals surface area contributed by atoms with E-state index in [-0.39, 0.29) is 5.41 Å². The van der Waals surface area contributed by atoms with Crippen molar-refractivity contribution in [2.75, 3.05) is 0 Å². The molecule has 80 valence electrons. The molecule has 0 saturated carbocycles. The Morgan fingerprint density at radius 2 is 1.87 bits per heavy atom. The molecule has 0 aliphatic carbocycles. The lowest BCUT2D eigenvalue weighted by Gasteiger charge is -2.26. The van der Waals surface area contributed by atoms with Crippen molar-refractivity contribution in [1.29, 1.82) is 0 Å².